The molecule has 0 aliphatic carbocycles. The summed E-state index contributed by atoms with van der Waals surface area (Å²) in [5.74, 6) is -0.482. The fourth-order valence-corrected chi connectivity index (χ4v) is 2.35. The van der Waals surface area contributed by atoms with Crippen LogP contribution in [0.3, 0.4) is 0 Å². The summed E-state index contributed by atoms with van der Waals surface area (Å²) in [6.45, 7) is 2.09. The zero-order valence-electron chi connectivity index (χ0n) is 12.9. The van der Waals surface area contributed by atoms with Crippen molar-refractivity contribution >= 4 is 34.8 Å². The Bertz CT molecular complexity index is 825. The maximum absolute atomic E-state index is 12.1. The topological polar surface area (TPSA) is 64.9 Å². The van der Waals surface area contributed by atoms with Gasteiger partial charge in [-0.1, -0.05) is 47.5 Å². The van der Waals surface area contributed by atoms with E-state index in [-0.39, 0.29) is 12.1 Å². The average molecular weight is 360 g/mol. The number of amides is 1. The number of nitrogens with zero attached hydrogens (tertiary/aromatic N) is 1. The van der Waals surface area contributed by atoms with Gasteiger partial charge in [0, 0.05) is 28.5 Å². The maximum Gasteiger partial charge on any atom is 0.263 e. The first-order valence-corrected chi connectivity index (χ1v) is 7.92. The summed E-state index contributed by atoms with van der Waals surface area (Å²) in [7, 11) is 0. The van der Waals surface area contributed by atoms with E-state index in [9.17, 15) is 10.1 Å². The molecule has 0 fully saturated rings. The van der Waals surface area contributed by atoms with Gasteiger partial charge in [0.2, 0.25) is 0 Å². The lowest BCUT2D eigenvalue weighted by Gasteiger charge is -2.08. The monoisotopic (exact) mass is 359 g/mol. The molecule has 0 aliphatic rings. The van der Waals surface area contributed by atoms with Gasteiger partial charge in [0.1, 0.15) is 11.6 Å². The standard InChI is InChI=1S/C18H15Cl2N3O/c1-12-15(19)7-4-8-17(12)22-11-14(9-21)18(24)23-10-13-5-2-3-6-16(13)20/h2-8,11,22H,10H2,1H3,(H,23,24)/b14-11-. The molecule has 0 bridgehead atoms. The van der Waals surface area contributed by atoms with Crippen molar-refractivity contribution in [3.05, 3.63) is 75.4 Å². The van der Waals surface area contributed by atoms with E-state index in [1.54, 1.807) is 18.2 Å². The second-order valence-corrected chi connectivity index (χ2v) is 5.82. The number of anilines is 1. The molecule has 6 heteroatoms. The molecule has 1 amide bonds. The van der Waals surface area contributed by atoms with Crippen molar-refractivity contribution in [3.8, 4) is 6.07 Å². The molecular weight excluding hydrogens is 345 g/mol. The van der Waals surface area contributed by atoms with E-state index in [0.717, 1.165) is 16.8 Å². The molecule has 4 nitrogen and oxygen atoms in total. The van der Waals surface area contributed by atoms with Gasteiger partial charge in [-0.3, -0.25) is 4.79 Å². The van der Waals surface area contributed by atoms with Gasteiger partial charge in [0.25, 0.3) is 5.91 Å². The number of halogens is 2. The lowest BCUT2D eigenvalue weighted by atomic mass is 10.2. The van der Waals surface area contributed by atoms with Crippen LogP contribution in [0.15, 0.2) is 54.2 Å². The van der Waals surface area contributed by atoms with Crippen molar-refractivity contribution in [3.63, 3.8) is 0 Å². The number of nitriles is 1. The Morgan fingerprint density at radius 2 is 1.88 bits per heavy atom. The highest BCUT2D eigenvalue weighted by molar-refractivity contribution is 6.31. The summed E-state index contributed by atoms with van der Waals surface area (Å²) in [5, 5.41) is 16.0. The van der Waals surface area contributed by atoms with E-state index < -0.39 is 5.91 Å². The first-order valence-electron chi connectivity index (χ1n) is 7.16. The summed E-state index contributed by atoms with van der Waals surface area (Å²) >= 11 is 12.1. The molecule has 0 unspecified atom stereocenters. The first-order chi connectivity index (χ1) is 11.5. The van der Waals surface area contributed by atoms with Crippen LogP contribution in [-0.2, 0) is 11.3 Å². The normalized spacial score (nSPS) is 10.8. The minimum atomic E-state index is -0.482. The second-order valence-electron chi connectivity index (χ2n) is 5.00. The minimum Gasteiger partial charge on any atom is -0.360 e. The van der Waals surface area contributed by atoms with Crippen LogP contribution in [0, 0.1) is 18.3 Å². The summed E-state index contributed by atoms with van der Waals surface area (Å²) < 4.78 is 0. The summed E-state index contributed by atoms with van der Waals surface area (Å²) in [6.07, 6.45) is 1.36. The Labute approximate surface area is 150 Å². The summed E-state index contributed by atoms with van der Waals surface area (Å²) in [6, 6.07) is 14.4. The zero-order valence-corrected chi connectivity index (χ0v) is 14.4. The van der Waals surface area contributed by atoms with Crippen molar-refractivity contribution in [2.24, 2.45) is 0 Å². The third kappa shape index (κ3) is 4.51. The number of carbonyl (C=O) groups is 1. The van der Waals surface area contributed by atoms with E-state index in [2.05, 4.69) is 10.6 Å². The van der Waals surface area contributed by atoms with Gasteiger partial charge in [0.05, 0.1) is 0 Å². The molecule has 122 valence electrons. The quantitative estimate of drug-likeness (QED) is 0.612. The molecule has 0 saturated carbocycles. The number of benzene rings is 2. The van der Waals surface area contributed by atoms with Gasteiger partial charge in [-0.05, 0) is 36.2 Å². The van der Waals surface area contributed by atoms with Crippen LogP contribution >= 0.6 is 23.2 Å². The molecule has 2 rings (SSSR count). The smallest absolute Gasteiger partial charge is 0.263 e. The van der Waals surface area contributed by atoms with E-state index in [1.807, 2.05) is 37.3 Å². The molecule has 2 aromatic rings. The highest BCUT2D eigenvalue weighted by atomic mass is 35.5. The largest absolute Gasteiger partial charge is 0.360 e. The average Bonchev–Trinajstić information content (AvgIpc) is 2.58. The lowest BCUT2D eigenvalue weighted by Crippen LogP contribution is -2.24. The van der Waals surface area contributed by atoms with Crippen molar-refractivity contribution in [1.29, 1.82) is 5.26 Å². The van der Waals surface area contributed by atoms with Gasteiger partial charge >= 0.3 is 0 Å². The molecule has 0 spiro atoms. The molecule has 24 heavy (non-hydrogen) atoms. The SMILES string of the molecule is Cc1c(Cl)cccc1N/C=C(/C#N)C(=O)NCc1ccccc1Cl. The Morgan fingerprint density at radius 3 is 2.58 bits per heavy atom. The third-order valence-corrected chi connectivity index (χ3v) is 4.18. The van der Waals surface area contributed by atoms with Crippen LogP contribution in [0.2, 0.25) is 10.0 Å². The number of hydrogen-bond donors (Lipinski definition) is 2. The third-order valence-electron chi connectivity index (χ3n) is 3.40. The lowest BCUT2D eigenvalue weighted by molar-refractivity contribution is -0.117. The van der Waals surface area contributed by atoms with Crippen LogP contribution in [0.25, 0.3) is 0 Å². The number of nitrogens with one attached hydrogen (secondary N) is 2. The fourth-order valence-electron chi connectivity index (χ4n) is 1.97. The van der Waals surface area contributed by atoms with Crippen LogP contribution < -0.4 is 10.6 Å². The number of rotatable bonds is 5. The van der Waals surface area contributed by atoms with E-state index in [1.165, 1.54) is 6.20 Å². The summed E-state index contributed by atoms with van der Waals surface area (Å²) in [5.41, 5.74) is 2.31. The van der Waals surface area contributed by atoms with E-state index >= 15 is 0 Å². The highest BCUT2D eigenvalue weighted by Crippen LogP contribution is 2.23. The zero-order chi connectivity index (χ0) is 17.5. The predicted octanol–water partition coefficient (Wildman–Crippen LogP) is 4.44. The van der Waals surface area contributed by atoms with Crippen molar-refractivity contribution < 1.29 is 4.79 Å². The molecule has 2 aromatic carbocycles. The van der Waals surface area contributed by atoms with Gasteiger partial charge in [-0.15, -0.1) is 0 Å². The molecule has 0 aromatic heterocycles. The Balaban J connectivity index is 2.05. The number of hydrogen-bond acceptors (Lipinski definition) is 3. The van der Waals surface area contributed by atoms with Gasteiger partial charge < -0.3 is 10.6 Å². The Hall–Kier alpha value is -2.48. The summed E-state index contributed by atoms with van der Waals surface area (Å²) in [4.78, 5) is 12.1. The van der Waals surface area contributed by atoms with Crippen LogP contribution in [0.4, 0.5) is 5.69 Å². The molecule has 0 saturated heterocycles. The van der Waals surface area contributed by atoms with Crippen molar-refractivity contribution in [2.75, 3.05) is 5.32 Å². The van der Waals surface area contributed by atoms with Crippen molar-refractivity contribution in [1.82, 2.24) is 5.32 Å². The Kier molecular flexibility index (Phi) is 6.25. The van der Waals surface area contributed by atoms with Gasteiger partial charge in [0.15, 0.2) is 0 Å². The van der Waals surface area contributed by atoms with Crippen molar-refractivity contribution in [2.45, 2.75) is 13.5 Å². The van der Waals surface area contributed by atoms with Crippen LogP contribution in [0.5, 0.6) is 0 Å². The number of carbonyl (C=O) groups excluding carboxylic acids is 1. The molecule has 0 heterocycles. The molecule has 2 N–H and O–H groups in total. The Morgan fingerprint density at radius 1 is 1.17 bits per heavy atom. The van der Waals surface area contributed by atoms with E-state index in [0.29, 0.717) is 10.0 Å². The molecule has 0 radical (unpaired) electrons. The maximum atomic E-state index is 12.1. The van der Waals surface area contributed by atoms with Gasteiger partial charge in [-0.2, -0.15) is 5.26 Å². The van der Waals surface area contributed by atoms with Crippen LogP contribution in [0.1, 0.15) is 11.1 Å². The fraction of sp³-hybridized carbons (Fsp3) is 0.111. The minimum absolute atomic E-state index is 0.0403. The highest BCUT2D eigenvalue weighted by Gasteiger charge is 2.10. The van der Waals surface area contributed by atoms with E-state index in [4.69, 9.17) is 23.2 Å². The van der Waals surface area contributed by atoms with Gasteiger partial charge in [-0.25, -0.2) is 0 Å². The molecular formula is C18H15Cl2N3O. The van der Waals surface area contributed by atoms with Crippen LogP contribution in [-0.4, -0.2) is 5.91 Å². The first kappa shape index (κ1) is 17.9. The molecule has 0 aliphatic heterocycles. The molecule has 0 atom stereocenters. The second kappa shape index (κ2) is 8.39. The predicted molar refractivity (Wildman–Crippen MR) is 96.8 cm³/mol.